The summed E-state index contributed by atoms with van der Waals surface area (Å²) in [5.41, 5.74) is 0. The Labute approximate surface area is 92.5 Å². The predicted octanol–water partition coefficient (Wildman–Crippen LogP) is 1.53. The van der Waals surface area contributed by atoms with Gasteiger partial charge in [0.05, 0.1) is 0 Å². The molecule has 0 saturated heterocycles. The second kappa shape index (κ2) is 5.90. The van der Waals surface area contributed by atoms with Gasteiger partial charge < -0.3 is 9.74 Å². The largest absolute Gasteiger partial charge is 0.519 e. The SMILES string of the molecule is CCC(C)C(=O)NCC(=O)O[Si](C)(C)C. The number of rotatable bonds is 5. The molecule has 0 spiro atoms. The molecule has 0 fully saturated rings. The molecular weight excluding hydrogens is 210 g/mol. The second-order valence-electron chi connectivity index (χ2n) is 4.61. The molecule has 0 aromatic heterocycles. The normalized spacial score (nSPS) is 13.1. The lowest BCUT2D eigenvalue weighted by molar-refractivity contribution is -0.136. The van der Waals surface area contributed by atoms with Crippen LogP contribution in [0.1, 0.15) is 20.3 Å². The molecule has 15 heavy (non-hydrogen) atoms. The molecule has 0 aliphatic rings. The smallest absolute Gasteiger partial charge is 0.312 e. The van der Waals surface area contributed by atoms with Crippen LogP contribution in [0.15, 0.2) is 0 Å². The van der Waals surface area contributed by atoms with Crippen LogP contribution < -0.4 is 5.32 Å². The van der Waals surface area contributed by atoms with Crippen molar-refractivity contribution >= 4 is 20.2 Å². The van der Waals surface area contributed by atoms with Crippen molar-refractivity contribution in [2.45, 2.75) is 39.9 Å². The Kier molecular flexibility index (Phi) is 5.57. The molecule has 0 aromatic rings. The van der Waals surface area contributed by atoms with Crippen molar-refractivity contribution in [3.63, 3.8) is 0 Å². The summed E-state index contributed by atoms with van der Waals surface area (Å²) in [5.74, 6) is -0.486. The molecule has 0 saturated carbocycles. The minimum Gasteiger partial charge on any atom is -0.519 e. The Bertz CT molecular complexity index is 235. The highest BCUT2D eigenvalue weighted by Crippen LogP contribution is 2.03. The monoisotopic (exact) mass is 231 g/mol. The lowest BCUT2D eigenvalue weighted by atomic mass is 10.1. The van der Waals surface area contributed by atoms with Crippen LogP contribution in [0.25, 0.3) is 0 Å². The number of carbonyl (C=O) groups excluding carboxylic acids is 2. The van der Waals surface area contributed by atoms with E-state index in [1.54, 1.807) is 0 Å². The summed E-state index contributed by atoms with van der Waals surface area (Å²) in [6, 6.07) is 0. The van der Waals surface area contributed by atoms with Crippen molar-refractivity contribution in [3.8, 4) is 0 Å². The van der Waals surface area contributed by atoms with Gasteiger partial charge in [0.25, 0.3) is 0 Å². The molecule has 1 unspecified atom stereocenters. The summed E-state index contributed by atoms with van der Waals surface area (Å²) in [6.07, 6.45) is 0.773. The van der Waals surface area contributed by atoms with Gasteiger partial charge >= 0.3 is 5.97 Å². The van der Waals surface area contributed by atoms with Crippen molar-refractivity contribution in [3.05, 3.63) is 0 Å². The third-order valence-electron chi connectivity index (χ3n) is 1.89. The van der Waals surface area contributed by atoms with E-state index in [0.29, 0.717) is 0 Å². The van der Waals surface area contributed by atoms with Crippen LogP contribution in [0.3, 0.4) is 0 Å². The molecule has 1 amide bonds. The molecule has 0 aliphatic carbocycles. The number of amides is 1. The van der Waals surface area contributed by atoms with Crippen LogP contribution in [0.4, 0.5) is 0 Å². The molecule has 1 N–H and O–H groups in total. The Morgan fingerprint density at radius 1 is 1.33 bits per heavy atom. The summed E-state index contributed by atoms with van der Waals surface area (Å²) < 4.78 is 5.19. The van der Waals surface area contributed by atoms with Gasteiger partial charge in [-0.2, -0.15) is 0 Å². The van der Waals surface area contributed by atoms with Crippen molar-refractivity contribution in [1.82, 2.24) is 5.32 Å². The van der Waals surface area contributed by atoms with Crippen LogP contribution in [0, 0.1) is 5.92 Å². The van der Waals surface area contributed by atoms with Crippen LogP contribution in [0.5, 0.6) is 0 Å². The van der Waals surface area contributed by atoms with E-state index in [2.05, 4.69) is 5.32 Å². The first-order valence-corrected chi connectivity index (χ1v) is 8.66. The fourth-order valence-electron chi connectivity index (χ4n) is 0.897. The Hall–Kier alpha value is -0.843. The minimum atomic E-state index is -1.83. The van der Waals surface area contributed by atoms with Crippen LogP contribution >= 0.6 is 0 Å². The first kappa shape index (κ1) is 14.2. The van der Waals surface area contributed by atoms with E-state index in [1.165, 1.54) is 0 Å². The zero-order chi connectivity index (χ0) is 12.1. The molecular formula is C10H21NO3Si. The van der Waals surface area contributed by atoms with Crippen LogP contribution in [-0.2, 0) is 14.0 Å². The molecule has 0 bridgehead atoms. The van der Waals surface area contributed by atoms with Crippen molar-refractivity contribution in [2.24, 2.45) is 5.92 Å². The number of hydrogen-bond acceptors (Lipinski definition) is 3. The summed E-state index contributed by atoms with van der Waals surface area (Å²) >= 11 is 0. The number of carbonyl (C=O) groups is 2. The van der Waals surface area contributed by atoms with Gasteiger partial charge in [-0.25, -0.2) is 0 Å². The van der Waals surface area contributed by atoms with Gasteiger partial charge in [-0.15, -0.1) is 0 Å². The molecule has 0 rings (SSSR count). The van der Waals surface area contributed by atoms with Gasteiger partial charge in [0.2, 0.25) is 14.2 Å². The third kappa shape index (κ3) is 7.13. The van der Waals surface area contributed by atoms with Crippen LogP contribution in [-0.4, -0.2) is 26.7 Å². The predicted molar refractivity (Wildman–Crippen MR) is 61.9 cm³/mol. The van der Waals surface area contributed by atoms with E-state index in [9.17, 15) is 9.59 Å². The fraction of sp³-hybridized carbons (Fsp3) is 0.800. The maximum absolute atomic E-state index is 11.3. The summed E-state index contributed by atoms with van der Waals surface area (Å²) in [4.78, 5) is 22.6. The van der Waals surface area contributed by atoms with E-state index in [-0.39, 0.29) is 24.3 Å². The minimum absolute atomic E-state index is 0.0204. The molecule has 0 aliphatic heterocycles. The molecule has 0 heterocycles. The van der Waals surface area contributed by atoms with Gasteiger partial charge in [0, 0.05) is 5.92 Å². The highest BCUT2D eigenvalue weighted by molar-refractivity contribution is 6.71. The zero-order valence-corrected chi connectivity index (χ0v) is 11.2. The van der Waals surface area contributed by atoms with Gasteiger partial charge in [-0.3, -0.25) is 9.59 Å². The Morgan fingerprint density at radius 3 is 2.27 bits per heavy atom. The van der Waals surface area contributed by atoms with Gasteiger partial charge in [-0.05, 0) is 26.1 Å². The standard InChI is InChI=1S/C10H21NO3Si/c1-6-8(2)10(13)11-7-9(12)14-15(3,4)5/h8H,6-7H2,1-5H3,(H,11,13). The second-order valence-corrected chi connectivity index (χ2v) is 9.04. The fourth-order valence-corrected chi connectivity index (χ4v) is 1.65. The molecule has 1 atom stereocenters. The maximum Gasteiger partial charge on any atom is 0.312 e. The number of nitrogens with one attached hydrogen (secondary N) is 1. The molecule has 4 nitrogen and oxygen atoms in total. The summed E-state index contributed by atoms with van der Waals surface area (Å²) in [7, 11) is -1.83. The quantitative estimate of drug-likeness (QED) is 0.730. The van der Waals surface area contributed by atoms with E-state index in [0.717, 1.165) is 6.42 Å². The van der Waals surface area contributed by atoms with Gasteiger partial charge in [-0.1, -0.05) is 13.8 Å². The van der Waals surface area contributed by atoms with Crippen molar-refractivity contribution in [2.75, 3.05) is 6.54 Å². The first-order valence-electron chi connectivity index (χ1n) is 5.25. The lowest BCUT2D eigenvalue weighted by Gasteiger charge is -2.18. The molecule has 0 aromatic carbocycles. The van der Waals surface area contributed by atoms with Gasteiger partial charge in [0.1, 0.15) is 6.54 Å². The van der Waals surface area contributed by atoms with Crippen LogP contribution in [0.2, 0.25) is 19.6 Å². The molecule has 5 heteroatoms. The van der Waals surface area contributed by atoms with Crippen molar-refractivity contribution in [1.29, 1.82) is 0 Å². The topological polar surface area (TPSA) is 55.4 Å². The highest BCUT2D eigenvalue weighted by Gasteiger charge is 2.20. The average molecular weight is 231 g/mol. The third-order valence-corrected chi connectivity index (χ3v) is 2.73. The zero-order valence-electron chi connectivity index (χ0n) is 10.2. The molecule has 88 valence electrons. The average Bonchev–Trinajstić information content (AvgIpc) is 2.10. The number of hydrogen-bond donors (Lipinski definition) is 1. The summed E-state index contributed by atoms with van der Waals surface area (Å²) in [5, 5.41) is 2.56. The Morgan fingerprint density at radius 2 is 1.87 bits per heavy atom. The highest BCUT2D eigenvalue weighted by atomic mass is 28.4. The van der Waals surface area contributed by atoms with Gasteiger partial charge in [0.15, 0.2) is 0 Å². The van der Waals surface area contributed by atoms with E-state index in [4.69, 9.17) is 4.43 Å². The van der Waals surface area contributed by atoms with Crippen molar-refractivity contribution < 1.29 is 14.0 Å². The first-order chi connectivity index (χ1) is 6.76. The Balaban J connectivity index is 3.87. The lowest BCUT2D eigenvalue weighted by Crippen LogP contribution is -2.38. The molecule has 0 radical (unpaired) electrons. The maximum atomic E-state index is 11.3. The van der Waals surface area contributed by atoms with E-state index in [1.807, 2.05) is 33.5 Å². The van der Waals surface area contributed by atoms with E-state index < -0.39 is 8.32 Å². The van der Waals surface area contributed by atoms with E-state index >= 15 is 0 Å². The summed E-state index contributed by atoms with van der Waals surface area (Å²) in [6.45, 7) is 9.54.